The number of aryl methyl sites for hydroxylation is 2. The third kappa shape index (κ3) is 7.69. The first-order valence-corrected chi connectivity index (χ1v) is 21.9. The first-order valence-electron chi connectivity index (χ1n) is 17.0. The predicted molar refractivity (Wildman–Crippen MR) is 225 cm³/mol. The van der Waals surface area contributed by atoms with Crippen molar-refractivity contribution in [3.8, 4) is 71.4 Å². The summed E-state index contributed by atoms with van der Waals surface area (Å²) in [6.45, 7) is 4.42. The lowest BCUT2D eigenvalue weighted by Gasteiger charge is -2.07. The minimum absolute atomic E-state index is 0.844. The molecule has 0 saturated heterocycles. The molecule has 8 rings (SSSR count). The Balaban J connectivity index is 0.896. The summed E-state index contributed by atoms with van der Waals surface area (Å²) in [6, 6.07) is 44.0. The lowest BCUT2D eigenvalue weighted by molar-refractivity contribution is 0.483. The van der Waals surface area contributed by atoms with Crippen LogP contribution >= 0.6 is 68.0 Å². The van der Waals surface area contributed by atoms with Gasteiger partial charge in [-0.3, -0.25) is 0 Å². The Morgan fingerprint density at radius 2 is 0.780 bits per heavy atom. The zero-order valence-corrected chi connectivity index (χ0v) is 32.8. The molecule has 50 heavy (non-hydrogen) atoms. The van der Waals surface area contributed by atoms with Gasteiger partial charge in [-0.15, -0.1) is 68.0 Å². The summed E-state index contributed by atoms with van der Waals surface area (Å²) in [5.74, 6) is 1.69. The lowest BCUT2D eigenvalue weighted by Crippen LogP contribution is -1.84. The molecule has 0 spiro atoms. The summed E-state index contributed by atoms with van der Waals surface area (Å²) in [6.07, 6.45) is 6.49. The van der Waals surface area contributed by atoms with Gasteiger partial charge in [0.15, 0.2) is 0 Å². The van der Waals surface area contributed by atoms with Crippen molar-refractivity contribution in [2.75, 3.05) is 0 Å². The molecule has 0 saturated carbocycles. The molecule has 0 atom stereocenters. The van der Waals surface area contributed by atoms with Gasteiger partial charge in [0.1, 0.15) is 11.5 Å². The van der Waals surface area contributed by atoms with Crippen molar-refractivity contribution in [1.29, 1.82) is 0 Å². The molecule has 0 aliphatic carbocycles. The summed E-state index contributed by atoms with van der Waals surface area (Å²) in [5, 5.41) is 0. The number of rotatable bonds is 13. The Morgan fingerprint density at radius 3 is 1.24 bits per heavy atom. The average molecular weight is 761 g/mol. The van der Waals surface area contributed by atoms with E-state index in [-0.39, 0.29) is 0 Å². The molecule has 0 aliphatic rings. The van der Waals surface area contributed by atoms with E-state index in [0.29, 0.717) is 0 Å². The van der Waals surface area contributed by atoms with Crippen LogP contribution in [-0.4, -0.2) is 0 Å². The summed E-state index contributed by atoms with van der Waals surface area (Å²) >= 11 is 11.3. The van der Waals surface area contributed by atoms with E-state index in [4.69, 9.17) is 4.74 Å². The molecule has 0 aliphatic heterocycles. The minimum atomic E-state index is 0.844. The van der Waals surface area contributed by atoms with Gasteiger partial charge in [-0.2, -0.15) is 0 Å². The van der Waals surface area contributed by atoms with Crippen molar-refractivity contribution >= 4 is 68.0 Å². The molecular weight excluding hydrogens is 725 g/mol. The molecule has 6 aromatic heterocycles. The highest BCUT2D eigenvalue weighted by atomic mass is 32.1. The molecule has 7 heteroatoms. The minimum Gasteiger partial charge on any atom is -0.457 e. The van der Waals surface area contributed by atoms with Gasteiger partial charge in [-0.1, -0.05) is 26.2 Å². The average Bonchev–Trinajstić information content (AvgIpc) is 3.97. The number of hydrogen-bond acceptors (Lipinski definition) is 7. The number of benzene rings is 2. The molecule has 6 heterocycles. The number of ether oxygens (including phenoxy) is 1. The van der Waals surface area contributed by atoms with Gasteiger partial charge in [-0.05, 0) is 152 Å². The van der Waals surface area contributed by atoms with Gasteiger partial charge in [-0.25, -0.2) is 0 Å². The van der Waals surface area contributed by atoms with Crippen LogP contribution in [0.3, 0.4) is 0 Å². The second-order valence-electron chi connectivity index (χ2n) is 12.3. The molecule has 2 aromatic carbocycles. The zero-order valence-electron chi connectivity index (χ0n) is 27.9. The summed E-state index contributed by atoms with van der Waals surface area (Å²) in [5.41, 5.74) is 2.43. The normalized spacial score (nSPS) is 11.4. The summed E-state index contributed by atoms with van der Waals surface area (Å²) < 4.78 is 6.17. The third-order valence-electron chi connectivity index (χ3n) is 8.59. The second-order valence-corrected chi connectivity index (χ2v) is 19.1. The van der Waals surface area contributed by atoms with Crippen LogP contribution in [0.25, 0.3) is 59.9 Å². The highest BCUT2D eigenvalue weighted by Gasteiger charge is 2.14. The first-order chi connectivity index (χ1) is 24.6. The Kier molecular flexibility index (Phi) is 10.3. The van der Waals surface area contributed by atoms with Gasteiger partial charge in [0, 0.05) is 58.5 Å². The highest BCUT2D eigenvalue weighted by Crippen LogP contribution is 2.45. The topological polar surface area (TPSA) is 9.23 Å². The number of thiophene rings is 6. The van der Waals surface area contributed by atoms with E-state index < -0.39 is 0 Å². The highest BCUT2D eigenvalue weighted by molar-refractivity contribution is 7.30. The van der Waals surface area contributed by atoms with Crippen LogP contribution in [0.5, 0.6) is 11.5 Å². The standard InChI is InChI=1S/C43H36OS6/c1-3-4-5-6-7-33-17-19-36(46-33)37-22-23-40(48-37)41-26-27-43(50-41)42-25-24-39(49-42)38-21-20-35(47-38)30-11-15-32(16-12-30)44-31-13-9-29(10-14-31)34-18-8-28(2)45-34/h8-27H,3-7H2,1-2H3. The lowest BCUT2D eigenvalue weighted by atomic mass is 10.1. The molecule has 8 aromatic rings. The summed E-state index contributed by atoms with van der Waals surface area (Å²) in [7, 11) is 0. The third-order valence-corrected chi connectivity index (χ3v) is 16.0. The Morgan fingerprint density at radius 1 is 0.380 bits per heavy atom. The van der Waals surface area contributed by atoms with Crippen LogP contribution in [0.4, 0.5) is 0 Å². The largest absolute Gasteiger partial charge is 0.457 e. The fraction of sp³-hybridized carbons (Fsp3) is 0.163. The first kappa shape index (κ1) is 33.6. The van der Waals surface area contributed by atoms with Crippen molar-refractivity contribution in [2.24, 2.45) is 0 Å². The molecule has 0 radical (unpaired) electrons. The quantitative estimate of drug-likeness (QED) is 0.106. The Bertz CT molecular complexity index is 2300. The SMILES string of the molecule is CCCCCCc1ccc(-c2ccc(-c3ccc(-c4ccc(-c5ccc(-c6ccc(Oc7ccc(-c8ccc(C)s8)cc7)cc6)s5)s4)s3)s2)s1. The molecule has 0 N–H and O–H groups in total. The van der Waals surface area contributed by atoms with Crippen LogP contribution in [0.1, 0.15) is 42.4 Å². The van der Waals surface area contributed by atoms with Crippen molar-refractivity contribution in [3.63, 3.8) is 0 Å². The van der Waals surface area contributed by atoms with E-state index >= 15 is 0 Å². The Labute approximate surface area is 318 Å². The van der Waals surface area contributed by atoms with Crippen LogP contribution < -0.4 is 4.74 Å². The van der Waals surface area contributed by atoms with Crippen molar-refractivity contribution in [2.45, 2.75) is 46.0 Å². The maximum atomic E-state index is 6.17. The molecule has 0 amide bonds. The van der Waals surface area contributed by atoms with Crippen LogP contribution in [0.15, 0.2) is 121 Å². The molecule has 1 nitrogen and oxygen atoms in total. The van der Waals surface area contributed by atoms with E-state index in [1.54, 1.807) is 0 Å². The number of unbranched alkanes of at least 4 members (excludes halogenated alkanes) is 3. The van der Waals surface area contributed by atoms with Crippen molar-refractivity contribution < 1.29 is 4.74 Å². The van der Waals surface area contributed by atoms with Crippen molar-refractivity contribution in [3.05, 3.63) is 131 Å². The fourth-order valence-corrected chi connectivity index (χ4v) is 12.2. The molecule has 250 valence electrons. The van der Waals surface area contributed by atoms with E-state index in [2.05, 4.69) is 123 Å². The molecule has 0 bridgehead atoms. The van der Waals surface area contributed by atoms with Crippen LogP contribution in [0.2, 0.25) is 0 Å². The molecular formula is C43H36OS6. The Hall–Kier alpha value is -3.56. The fourth-order valence-electron chi connectivity index (χ4n) is 5.90. The maximum absolute atomic E-state index is 6.17. The van der Waals surface area contributed by atoms with Gasteiger partial charge in [0.2, 0.25) is 0 Å². The monoisotopic (exact) mass is 760 g/mol. The maximum Gasteiger partial charge on any atom is 0.127 e. The van der Waals surface area contributed by atoms with Gasteiger partial charge in [0.25, 0.3) is 0 Å². The van der Waals surface area contributed by atoms with Gasteiger partial charge >= 0.3 is 0 Å². The zero-order chi connectivity index (χ0) is 33.9. The second kappa shape index (κ2) is 15.4. The van der Waals surface area contributed by atoms with Crippen LogP contribution in [-0.2, 0) is 6.42 Å². The van der Waals surface area contributed by atoms with Crippen LogP contribution in [0, 0.1) is 6.92 Å². The van der Waals surface area contributed by atoms with E-state index in [1.165, 1.54) is 102 Å². The molecule has 0 fully saturated rings. The van der Waals surface area contributed by atoms with E-state index in [1.807, 2.05) is 80.2 Å². The van der Waals surface area contributed by atoms with Gasteiger partial charge in [0.05, 0.1) is 0 Å². The van der Waals surface area contributed by atoms with Gasteiger partial charge < -0.3 is 4.74 Å². The van der Waals surface area contributed by atoms with Crippen molar-refractivity contribution in [1.82, 2.24) is 0 Å². The van der Waals surface area contributed by atoms with E-state index in [0.717, 1.165) is 11.5 Å². The summed E-state index contributed by atoms with van der Waals surface area (Å²) in [4.78, 5) is 16.1. The number of hydrogen-bond donors (Lipinski definition) is 0. The predicted octanol–water partition coefficient (Wildman–Crippen LogP) is 16.3. The van der Waals surface area contributed by atoms with E-state index in [9.17, 15) is 0 Å². The smallest absolute Gasteiger partial charge is 0.127 e. The molecule has 0 unspecified atom stereocenters.